The van der Waals surface area contributed by atoms with Crippen molar-refractivity contribution in [2.45, 2.75) is 12.8 Å². The highest BCUT2D eigenvalue weighted by molar-refractivity contribution is 6.01. The average molecular weight is 341 g/mol. The molecule has 0 saturated carbocycles. The summed E-state index contributed by atoms with van der Waals surface area (Å²) in [7, 11) is 3.09. The van der Waals surface area contributed by atoms with Crippen LogP contribution < -0.4 is 25.4 Å². The zero-order chi connectivity index (χ0) is 17.8. The fraction of sp³-hybridized carbons (Fsp3) is 0.222. The van der Waals surface area contributed by atoms with E-state index in [1.807, 2.05) is 6.07 Å². The summed E-state index contributed by atoms with van der Waals surface area (Å²) in [6.45, 7) is 0. The normalized spacial score (nSPS) is 12.6. The topological polar surface area (TPSA) is 88.7 Å². The van der Waals surface area contributed by atoms with Crippen LogP contribution in [0, 0.1) is 0 Å². The van der Waals surface area contributed by atoms with Crippen LogP contribution in [0.5, 0.6) is 11.5 Å². The Balaban J connectivity index is 1.70. The number of ether oxygens (including phenoxy) is 2. The number of fused-ring (bicyclic) bond motifs is 1. The predicted molar refractivity (Wildman–Crippen MR) is 95.6 cm³/mol. The van der Waals surface area contributed by atoms with Crippen molar-refractivity contribution in [3.63, 3.8) is 0 Å². The summed E-state index contributed by atoms with van der Waals surface area (Å²) in [6.07, 6.45) is 1.11. The number of anilines is 3. The molecule has 1 aliphatic rings. The molecule has 0 saturated heterocycles. The van der Waals surface area contributed by atoms with Crippen molar-refractivity contribution in [1.82, 2.24) is 0 Å². The Kier molecular flexibility index (Phi) is 4.74. The van der Waals surface area contributed by atoms with E-state index in [0.29, 0.717) is 35.7 Å². The minimum atomic E-state index is -0.386. The molecule has 7 nitrogen and oxygen atoms in total. The largest absolute Gasteiger partial charge is 0.497 e. The van der Waals surface area contributed by atoms with Crippen LogP contribution in [-0.2, 0) is 11.2 Å². The third kappa shape index (κ3) is 3.82. The summed E-state index contributed by atoms with van der Waals surface area (Å²) >= 11 is 0. The molecule has 0 bridgehead atoms. The van der Waals surface area contributed by atoms with E-state index in [-0.39, 0.29) is 11.9 Å². The Morgan fingerprint density at radius 3 is 2.64 bits per heavy atom. The maximum Gasteiger partial charge on any atom is 0.323 e. The van der Waals surface area contributed by atoms with E-state index in [1.165, 1.54) is 7.11 Å². The lowest BCUT2D eigenvalue weighted by Crippen LogP contribution is -2.21. The number of hydrogen-bond donors (Lipinski definition) is 3. The molecule has 25 heavy (non-hydrogen) atoms. The Labute approximate surface area is 145 Å². The lowest BCUT2D eigenvalue weighted by molar-refractivity contribution is -0.116. The molecule has 3 N–H and O–H groups in total. The first kappa shape index (κ1) is 16.6. The molecule has 0 spiro atoms. The van der Waals surface area contributed by atoms with E-state index in [0.717, 1.165) is 11.3 Å². The number of benzene rings is 2. The van der Waals surface area contributed by atoms with Crippen LogP contribution in [0.3, 0.4) is 0 Å². The third-order valence-corrected chi connectivity index (χ3v) is 3.92. The van der Waals surface area contributed by atoms with Gasteiger partial charge in [0, 0.05) is 23.9 Å². The van der Waals surface area contributed by atoms with E-state index >= 15 is 0 Å². The summed E-state index contributed by atoms with van der Waals surface area (Å²) in [5.74, 6) is 1.15. The fourth-order valence-corrected chi connectivity index (χ4v) is 2.65. The molecular weight excluding hydrogens is 322 g/mol. The number of aryl methyl sites for hydroxylation is 1. The van der Waals surface area contributed by atoms with Crippen LogP contribution in [0.1, 0.15) is 12.0 Å². The van der Waals surface area contributed by atoms with Gasteiger partial charge in [-0.3, -0.25) is 4.79 Å². The van der Waals surface area contributed by atoms with Crippen LogP contribution in [0.15, 0.2) is 36.4 Å². The van der Waals surface area contributed by atoms with Gasteiger partial charge in [-0.05, 0) is 42.3 Å². The average Bonchev–Trinajstić information content (AvgIpc) is 2.62. The zero-order valence-electron chi connectivity index (χ0n) is 14.0. The molecule has 3 rings (SSSR count). The molecule has 2 aromatic carbocycles. The highest BCUT2D eigenvalue weighted by Gasteiger charge is 2.15. The second-order valence-electron chi connectivity index (χ2n) is 5.57. The molecule has 0 aliphatic carbocycles. The van der Waals surface area contributed by atoms with Gasteiger partial charge in [0.05, 0.1) is 19.9 Å². The van der Waals surface area contributed by atoms with Gasteiger partial charge in [-0.2, -0.15) is 0 Å². The van der Waals surface area contributed by atoms with Gasteiger partial charge in [-0.15, -0.1) is 0 Å². The Morgan fingerprint density at radius 2 is 1.88 bits per heavy atom. The molecule has 1 heterocycles. The maximum absolute atomic E-state index is 12.2. The summed E-state index contributed by atoms with van der Waals surface area (Å²) in [4.78, 5) is 23.6. The molecule has 0 atom stereocenters. The van der Waals surface area contributed by atoms with Crippen molar-refractivity contribution in [3.05, 3.63) is 42.0 Å². The first-order chi connectivity index (χ1) is 12.1. The summed E-state index contributed by atoms with van der Waals surface area (Å²) in [5, 5.41) is 8.34. The monoisotopic (exact) mass is 341 g/mol. The van der Waals surface area contributed by atoms with Gasteiger partial charge in [0.15, 0.2) is 0 Å². The van der Waals surface area contributed by atoms with Crippen LogP contribution in [0.4, 0.5) is 21.9 Å². The number of carbonyl (C=O) groups is 2. The van der Waals surface area contributed by atoms with Gasteiger partial charge in [-0.1, -0.05) is 0 Å². The van der Waals surface area contributed by atoms with Crippen molar-refractivity contribution in [3.8, 4) is 11.5 Å². The highest BCUT2D eigenvalue weighted by Crippen LogP contribution is 2.29. The van der Waals surface area contributed by atoms with E-state index in [9.17, 15) is 9.59 Å². The lowest BCUT2D eigenvalue weighted by atomic mass is 10.0. The zero-order valence-corrected chi connectivity index (χ0v) is 14.0. The van der Waals surface area contributed by atoms with Crippen LogP contribution in [0.2, 0.25) is 0 Å². The van der Waals surface area contributed by atoms with E-state index < -0.39 is 0 Å². The van der Waals surface area contributed by atoms with Crippen LogP contribution >= 0.6 is 0 Å². The molecular formula is C18H19N3O4. The van der Waals surface area contributed by atoms with Crippen molar-refractivity contribution >= 4 is 29.0 Å². The number of rotatable bonds is 4. The molecule has 2 aromatic rings. The molecule has 0 radical (unpaired) electrons. The van der Waals surface area contributed by atoms with E-state index in [4.69, 9.17) is 9.47 Å². The van der Waals surface area contributed by atoms with Gasteiger partial charge in [0.1, 0.15) is 11.5 Å². The summed E-state index contributed by atoms with van der Waals surface area (Å²) in [5.41, 5.74) is 2.98. The molecule has 0 aromatic heterocycles. The smallest absolute Gasteiger partial charge is 0.323 e. The van der Waals surface area contributed by atoms with Gasteiger partial charge >= 0.3 is 6.03 Å². The SMILES string of the molecule is COc1ccc(NC(=O)Nc2ccc3c(c2)CCC(=O)N3)c(OC)c1. The van der Waals surface area contributed by atoms with Gasteiger partial charge in [0.25, 0.3) is 0 Å². The number of amides is 3. The number of carbonyl (C=O) groups excluding carboxylic acids is 2. The van der Waals surface area contributed by atoms with Crippen LogP contribution in [0.25, 0.3) is 0 Å². The second-order valence-corrected chi connectivity index (χ2v) is 5.57. The number of urea groups is 1. The van der Waals surface area contributed by atoms with E-state index in [1.54, 1.807) is 37.4 Å². The summed E-state index contributed by atoms with van der Waals surface area (Å²) in [6, 6.07) is 10.1. The molecule has 7 heteroatoms. The fourth-order valence-electron chi connectivity index (χ4n) is 2.65. The minimum Gasteiger partial charge on any atom is -0.497 e. The molecule has 3 amide bonds. The lowest BCUT2D eigenvalue weighted by Gasteiger charge is -2.18. The van der Waals surface area contributed by atoms with Crippen molar-refractivity contribution in [2.24, 2.45) is 0 Å². The predicted octanol–water partition coefficient (Wildman–Crippen LogP) is 3.23. The molecule has 130 valence electrons. The Morgan fingerprint density at radius 1 is 1.04 bits per heavy atom. The van der Waals surface area contributed by atoms with Gasteiger partial charge < -0.3 is 25.4 Å². The van der Waals surface area contributed by atoms with Crippen molar-refractivity contribution in [1.29, 1.82) is 0 Å². The first-order valence-electron chi connectivity index (χ1n) is 7.82. The third-order valence-electron chi connectivity index (χ3n) is 3.92. The highest BCUT2D eigenvalue weighted by atomic mass is 16.5. The molecule has 1 aliphatic heterocycles. The standard InChI is InChI=1S/C18H19N3O4/c1-24-13-5-7-15(16(10-13)25-2)21-18(23)19-12-4-6-14-11(9-12)3-8-17(22)20-14/h4-7,9-10H,3,8H2,1-2H3,(H,20,22)(H2,19,21,23). The van der Waals surface area contributed by atoms with E-state index in [2.05, 4.69) is 16.0 Å². The second kappa shape index (κ2) is 7.12. The number of methoxy groups -OCH3 is 2. The van der Waals surface area contributed by atoms with Crippen molar-refractivity contribution in [2.75, 3.05) is 30.2 Å². The summed E-state index contributed by atoms with van der Waals surface area (Å²) < 4.78 is 10.4. The van der Waals surface area contributed by atoms with Crippen LogP contribution in [-0.4, -0.2) is 26.2 Å². The first-order valence-corrected chi connectivity index (χ1v) is 7.82. The quantitative estimate of drug-likeness (QED) is 0.796. The number of hydrogen-bond acceptors (Lipinski definition) is 4. The Bertz CT molecular complexity index is 820. The minimum absolute atomic E-state index is 0.0116. The Hall–Kier alpha value is -3.22. The van der Waals surface area contributed by atoms with Crippen molar-refractivity contribution < 1.29 is 19.1 Å². The maximum atomic E-state index is 12.2. The van der Waals surface area contributed by atoms with Gasteiger partial charge in [0.2, 0.25) is 5.91 Å². The number of nitrogens with one attached hydrogen (secondary N) is 3. The molecule has 0 fully saturated rings. The van der Waals surface area contributed by atoms with Gasteiger partial charge in [-0.25, -0.2) is 4.79 Å². The molecule has 0 unspecified atom stereocenters.